The van der Waals surface area contributed by atoms with E-state index in [-0.39, 0.29) is 5.82 Å². The summed E-state index contributed by atoms with van der Waals surface area (Å²) in [6.45, 7) is 4.71. The molecule has 0 unspecified atom stereocenters. The Morgan fingerprint density at radius 1 is 1.72 bits per heavy atom. The minimum atomic E-state index is -1.32. The fraction of sp³-hybridized carbons (Fsp3) is 0.333. The van der Waals surface area contributed by atoms with Gasteiger partial charge in [-0.15, -0.1) is 6.58 Å². The highest BCUT2D eigenvalue weighted by Crippen LogP contribution is 2.19. The van der Waals surface area contributed by atoms with Crippen molar-refractivity contribution < 1.29 is 19.0 Å². The van der Waals surface area contributed by atoms with Gasteiger partial charge in [0.05, 0.1) is 6.61 Å². The molecular weight excluding hydrogens is 239 g/mol. The van der Waals surface area contributed by atoms with Gasteiger partial charge < -0.3 is 14.7 Å². The van der Waals surface area contributed by atoms with Crippen molar-refractivity contribution in [1.29, 1.82) is 0 Å². The fourth-order valence-corrected chi connectivity index (χ4v) is 1.46. The van der Waals surface area contributed by atoms with Crippen molar-refractivity contribution in [2.45, 2.75) is 0 Å². The topological polar surface area (TPSA) is 62.7 Å². The van der Waals surface area contributed by atoms with Crippen LogP contribution in [0.15, 0.2) is 24.9 Å². The zero-order valence-electron chi connectivity index (χ0n) is 10.1. The van der Waals surface area contributed by atoms with Crippen LogP contribution in [0.1, 0.15) is 10.4 Å². The van der Waals surface area contributed by atoms with E-state index in [9.17, 15) is 9.18 Å². The summed E-state index contributed by atoms with van der Waals surface area (Å²) in [6, 6.07) is 1.13. The Kier molecular flexibility index (Phi) is 5.26. The van der Waals surface area contributed by atoms with E-state index in [2.05, 4.69) is 11.6 Å². The second-order valence-electron chi connectivity index (χ2n) is 3.53. The molecule has 5 nitrogen and oxygen atoms in total. The van der Waals surface area contributed by atoms with Gasteiger partial charge in [0.2, 0.25) is 0 Å². The van der Waals surface area contributed by atoms with Gasteiger partial charge in [-0.2, -0.15) is 0 Å². The lowest BCUT2D eigenvalue weighted by molar-refractivity contribution is 0.0691. The van der Waals surface area contributed by atoms with Crippen LogP contribution in [-0.4, -0.2) is 42.9 Å². The average molecular weight is 254 g/mol. The molecule has 0 fully saturated rings. The standard InChI is InChI=1S/C12H15FN2O3/c1-3-6-15(7-8-18-2)11-10(13)9(12(16)17)4-5-14-11/h3-5H,1,6-8H2,2H3,(H,16,17). The maximum atomic E-state index is 14.0. The number of carbonyl (C=O) groups is 1. The van der Waals surface area contributed by atoms with Gasteiger partial charge in [-0.3, -0.25) is 0 Å². The number of hydrogen-bond acceptors (Lipinski definition) is 4. The molecule has 0 atom stereocenters. The van der Waals surface area contributed by atoms with Crippen LogP contribution in [0.4, 0.5) is 10.2 Å². The Labute approximate surface area is 105 Å². The summed E-state index contributed by atoms with van der Waals surface area (Å²) in [6.07, 6.45) is 2.86. The van der Waals surface area contributed by atoms with Crippen molar-refractivity contribution in [1.82, 2.24) is 4.98 Å². The summed E-state index contributed by atoms with van der Waals surface area (Å²) in [5.41, 5.74) is -0.397. The molecule has 1 rings (SSSR count). The van der Waals surface area contributed by atoms with Crippen molar-refractivity contribution in [2.24, 2.45) is 0 Å². The van der Waals surface area contributed by atoms with Crippen LogP contribution >= 0.6 is 0 Å². The van der Waals surface area contributed by atoms with E-state index in [1.165, 1.54) is 13.3 Å². The molecule has 0 spiro atoms. The van der Waals surface area contributed by atoms with E-state index in [1.54, 1.807) is 11.0 Å². The predicted molar refractivity (Wildman–Crippen MR) is 65.4 cm³/mol. The molecule has 0 aromatic carbocycles. The Hall–Kier alpha value is -1.95. The molecule has 0 saturated heterocycles. The molecule has 0 bridgehead atoms. The number of carboxylic acids is 1. The molecule has 0 aliphatic carbocycles. The SMILES string of the molecule is C=CCN(CCOC)c1nccc(C(=O)O)c1F. The minimum Gasteiger partial charge on any atom is -0.478 e. The van der Waals surface area contributed by atoms with Crippen molar-refractivity contribution in [3.05, 3.63) is 36.3 Å². The van der Waals surface area contributed by atoms with E-state index in [1.807, 2.05) is 0 Å². The van der Waals surface area contributed by atoms with Gasteiger partial charge in [0.15, 0.2) is 11.6 Å². The van der Waals surface area contributed by atoms with E-state index >= 15 is 0 Å². The van der Waals surface area contributed by atoms with Gasteiger partial charge >= 0.3 is 5.97 Å². The van der Waals surface area contributed by atoms with E-state index in [0.717, 1.165) is 6.07 Å². The zero-order chi connectivity index (χ0) is 13.5. The van der Waals surface area contributed by atoms with Crippen molar-refractivity contribution in [3.63, 3.8) is 0 Å². The average Bonchev–Trinajstić information content (AvgIpc) is 2.34. The van der Waals surface area contributed by atoms with Gasteiger partial charge in [0.1, 0.15) is 5.56 Å². The van der Waals surface area contributed by atoms with Gasteiger partial charge in [-0.1, -0.05) is 6.08 Å². The van der Waals surface area contributed by atoms with Crippen molar-refractivity contribution >= 4 is 11.8 Å². The van der Waals surface area contributed by atoms with E-state index in [4.69, 9.17) is 9.84 Å². The Bertz CT molecular complexity index is 437. The second kappa shape index (κ2) is 6.70. The highest BCUT2D eigenvalue weighted by Gasteiger charge is 2.18. The third kappa shape index (κ3) is 3.27. The quantitative estimate of drug-likeness (QED) is 0.748. The van der Waals surface area contributed by atoms with Crippen LogP contribution < -0.4 is 4.90 Å². The van der Waals surface area contributed by atoms with Crippen LogP contribution in [-0.2, 0) is 4.74 Å². The van der Waals surface area contributed by atoms with Crippen molar-refractivity contribution in [2.75, 3.05) is 31.7 Å². The van der Waals surface area contributed by atoms with Crippen LogP contribution in [0.25, 0.3) is 0 Å². The lowest BCUT2D eigenvalue weighted by Crippen LogP contribution is -2.29. The smallest absolute Gasteiger partial charge is 0.338 e. The Morgan fingerprint density at radius 3 is 3.00 bits per heavy atom. The first-order valence-electron chi connectivity index (χ1n) is 5.34. The molecule has 0 aliphatic heterocycles. The highest BCUT2D eigenvalue weighted by atomic mass is 19.1. The number of rotatable bonds is 7. The molecule has 0 aliphatic rings. The van der Waals surface area contributed by atoms with E-state index in [0.29, 0.717) is 19.7 Å². The van der Waals surface area contributed by atoms with Gasteiger partial charge in [0, 0.05) is 26.4 Å². The summed E-state index contributed by atoms with van der Waals surface area (Å²) in [4.78, 5) is 16.3. The lowest BCUT2D eigenvalue weighted by atomic mass is 10.2. The molecule has 0 saturated carbocycles. The largest absolute Gasteiger partial charge is 0.478 e. The first kappa shape index (κ1) is 14.1. The number of anilines is 1. The Morgan fingerprint density at radius 2 is 2.44 bits per heavy atom. The number of aromatic nitrogens is 1. The number of aromatic carboxylic acids is 1. The molecule has 0 amide bonds. The lowest BCUT2D eigenvalue weighted by Gasteiger charge is -2.22. The van der Waals surface area contributed by atoms with Crippen LogP contribution in [0, 0.1) is 5.82 Å². The summed E-state index contributed by atoms with van der Waals surface area (Å²) < 4.78 is 18.9. The number of ether oxygens (including phenoxy) is 1. The molecule has 1 aromatic heterocycles. The molecule has 1 heterocycles. The number of carboxylic acid groups (broad SMARTS) is 1. The monoisotopic (exact) mass is 254 g/mol. The maximum Gasteiger partial charge on any atom is 0.338 e. The number of hydrogen-bond donors (Lipinski definition) is 1. The number of halogens is 1. The van der Waals surface area contributed by atoms with Gasteiger partial charge in [0.25, 0.3) is 0 Å². The molecule has 1 aromatic rings. The van der Waals surface area contributed by atoms with Crippen LogP contribution in [0.5, 0.6) is 0 Å². The van der Waals surface area contributed by atoms with Crippen molar-refractivity contribution in [3.8, 4) is 0 Å². The second-order valence-corrected chi connectivity index (χ2v) is 3.53. The predicted octanol–water partition coefficient (Wildman–Crippen LogP) is 1.56. The number of pyridine rings is 1. The first-order valence-corrected chi connectivity index (χ1v) is 5.34. The first-order chi connectivity index (χ1) is 8.61. The molecule has 1 N–H and O–H groups in total. The van der Waals surface area contributed by atoms with E-state index < -0.39 is 17.3 Å². The minimum absolute atomic E-state index is 0.00755. The van der Waals surface area contributed by atoms with Crippen LogP contribution in [0.2, 0.25) is 0 Å². The molecular formula is C12H15FN2O3. The van der Waals surface area contributed by atoms with Crippen LogP contribution in [0.3, 0.4) is 0 Å². The normalized spacial score (nSPS) is 10.1. The molecule has 6 heteroatoms. The molecule has 0 radical (unpaired) electrons. The summed E-state index contributed by atoms with van der Waals surface area (Å²) >= 11 is 0. The van der Waals surface area contributed by atoms with Gasteiger partial charge in [-0.05, 0) is 6.07 Å². The third-order valence-corrected chi connectivity index (χ3v) is 2.32. The summed E-state index contributed by atoms with van der Waals surface area (Å²) in [5.74, 6) is -2.17. The zero-order valence-corrected chi connectivity index (χ0v) is 10.1. The Balaban J connectivity index is 3.07. The fourth-order valence-electron chi connectivity index (χ4n) is 1.46. The summed E-state index contributed by atoms with van der Waals surface area (Å²) in [5, 5.41) is 8.85. The molecule has 98 valence electrons. The molecule has 18 heavy (non-hydrogen) atoms. The van der Waals surface area contributed by atoms with Gasteiger partial charge in [-0.25, -0.2) is 14.2 Å². The number of nitrogens with zero attached hydrogens (tertiary/aromatic N) is 2. The number of methoxy groups -OCH3 is 1. The summed E-state index contributed by atoms with van der Waals surface area (Å²) in [7, 11) is 1.53. The highest BCUT2D eigenvalue weighted by molar-refractivity contribution is 5.88. The maximum absolute atomic E-state index is 14.0. The third-order valence-electron chi connectivity index (χ3n) is 2.32.